The molecule has 0 bridgehead atoms. The third kappa shape index (κ3) is 66.5. The van der Waals surface area contributed by atoms with Crippen LogP contribution in [-0.4, -0.2) is 37.7 Å². The topological polar surface area (TPSA) is 80.3 Å². The van der Waals surface area contributed by atoms with Crippen LogP contribution >= 0.6 is 17.4 Å². The van der Waals surface area contributed by atoms with Gasteiger partial charge in [-0.25, -0.2) is 0 Å². The maximum absolute atomic E-state index is 8.35. The first-order valence-corrected chi connectivity index (χ1v) is 7.81. The number of hydrogen-bond acceptors (Lipinski definition) is 4. The van der Waals surface area contributed by atoms with E-state index in [1.807, 2.05) is 0 Å². The largest absolute Gasteiger partial charge is 2.00 e. The van der Waals surface area contributed by atoms with Crippen LogP contribution in [0.15, 0.2) is 0 Å². The van der Waals surface area contributed by atoms with E-state index >= 15 is 0 Å². The van der Waals surface area contributed by atoms with Crippen LogP contribution in [0, 0.1) is 11.8 Å². The van der Waals surface area contributed by atoms with E-state index in [4.69, 9.17) is 18.9 Å². The molecule has 0 aromatic heterocycles. The van der Waals surface area contributed by atoms with Crippen molar-refractivity contribution in [1.82, 2.24) is 0 Å². The summed E-state index contributed by atoms with van der Waals surface area (Å²) in [5.74, 6) is 1.87. The van der Waals surface area contributed by atoms with Gasteiger partial charge in [-0.1, -0.05) is 67.2 Å². The molecule has 0 radical (unpaired) electrons. The predicted octanol–water partition coefficient (Wildman–Crippen LogP) is 3.61. The van der Waals surface area contributed by atoms with E-state index in [-0.39, 0.29) is 37.7 Å². The Morgan fingerprint density at radius 2 is 0.842 bits per heavy atom. The third-order valence-corrected chi connectivity index (χ3v) is 2.79. The zero-order chi connectivity index (χ0) is 15.4. The van der Waals surface area contributed by atoms with Crippen molar-refractivity contribution < 1.29 is 18.9 Å². The van der Waals surface area contributed by atoms with Crippen molar-refractivity contribution in [2.75, 3.05) is 0 Å². The molecule has 0 saturated heterocycles. The molecule has 0 atom stereocenters. The van der Waals surface area contributed by atoms with Crippen LogP contribution in [0.3, 0.4) is 0 Å². The van der Waals surface area contributed by atoms with Crippen LogP contribution in [0.2, 0.25) is 0 Å². The van der Waals surface area contributed by atoms with Gasteiger partial charge in [-0.15, -0.1) is 0 Å². The molecular formula is C12H28CaO4P2. The third-order valence-electron chi connectivity index (χ3n) is 2.79. The molecule has 0 aliphatic rings. The Balaban J connectivity index is -0.0000000476. The summed E-state index contributed by atoms with van der Waals surface area (Å²) in [6, 6.07) is 0. The Morgan fingerprint density at radius 3 is 0.842 bits per heavy atom. The van der Waals surface area contributed by atoms with Gasteiger partial charge in [0, 0.05) is 0 Å². The van der Waals surface area contributed by atoms with Gasteiger partial charge in [0.2, 0.25) is 0 Å². The maximum Gasteiger partial charge on any atom is 2.00 e. The van der Waals surface area contributed by atoms with Gasteiger partial charge in [0.25, 0.3) is 0 Å². The summed E-state index contributed by atoms with van der Waals surface area (Å²) in [5, 5.41) is 0. The molecule has 0 aromatic rings. The first-order valence-electron chi connectivity index (χ1n) is 6.35. The molecule has 0 spiro atoms. The van der Waals surface area contributed by atoms with Crippen molar-refractivity contribution in [2.24, 2.45) is 11.8 Å². The molecule has 0 amide bonds. The fourth-order valence-corrected chi connectivity index (χ4v) is 0.577. The van der Waals surface area contributed by atoms with Crippen LogP contribution in [0.4, 0.5) is 0 Å². The van der Waals surface area contributed by atoms with Crippen molar-refractivity contribution in [2.45, 2.75) is 67.2 Å². The number of hydrogen-bond donors (Lipinski definition) is 0. The Morgan fingerprint density at radius 1 is 0.737 bits per heavy atom. The second kappa shape index (κ2) is 36.6. The zero-order valence-electron chi connectivity index (χ0n) is 13.2. The fraction of sp³-hybridized carbons (Fsp3) is 1.00. The molecule has 112 valence electrons. The van der Waals surface area contributed by atoms with Gasteiger partial charge in [-0.05, 0) is 11.8 Å². The second-order valence-electron chi connectivity index (χ2n) is 3.99. The van der Waals surface area contributed by atoms with Gasteiger partial charge < -0.3 is 9.79 Å². The molecular weight excluding hydrogens is 310 g/mol. The average Bonchev–Trinajstić information content (AvgIpc) is 2.39. The molecule has 0 aromatic carbocycles. The van der Waals surface area contributed by atoms with E-state index in [0.29, 0.717) is 0 Å². The van der Waals surface area contributed by atoms with E-state index in [9.17, 15) is 0 Å². The van der Waals surface area contributed by atoms with E-state index in [1.54, 1.807) is 0 Å². The Bertz CT molecular complexity index is 128. The predicted molar refractivity (Wildman–Crippen MR) is 80.5 cm³/mol. The minimum Gasteiger partial charge on any atom is -0.772 e. The van der Waals surface area contributed by atoms with Gasteiger partial charge in [-0.3, -0.25) is 9.13 Å². The summed E-state index contributed by atoms with van der Waals surface area (Å²) in [5.41, 5.74) is 0. The molecule has 0 rings (SSSR count). The molecule has 0 fully saturated rings. The molecule has 19 heavy (non-hydrogen) atoms. The molecule has 0 saturated carbocycles. The van der Waals surface area contributed by atoms with E-state index in [0.717, 1.165) is 11.8 Å². The molecule has 0 heterocycles. The summed E-state index contributed by atoms with van der Waals surface area (Å²) in [6.07, 6.45) is 5.32. The summed E-state index contributed by atoms with van der Waals surface area (Å²) >= 11 is 0. The summed E-state index contributed by atoms with van der Waals surface area (Å²) in [6.45, 7) is 13.5. The van der Waals surface area contributed by atoms with Crippen molar-refractivity contribution in [3.8, 4) is 0 Å². The first kappa shape index (κ1) is 32.4. The van der Waals surface area contributed by atoms with Crippen LogP contribution in [-0.2, 0) is 9.13 Å². The Kier molecular flexibility index (Phi) is 62.3. The van der Waals surface area contributed by atoms with Crippen molar-refractivity contribution in [3.63, 3.8) is 0 Å². The van der Waals surface area contributed by atoms with E-state index in [2.05, 4.69) is 41.5 Å². The van der Waals surface area contributed by atoms with E-state index in [1.165, 1.54) is 25.7 Å². The van der Waals surface area contributed by atoms with Crippen LogP contribution in [0.5, 0.6) is 0 Å². The average molecular weight is 338 g/mol. The van der Waals surface area contributed by atoms with Crippen molar-refractivity contribution in [1.29, 1.82) is 0 Å². The summed E-state index contributed by atoms with van der Waals surface area (Å²) in [7, 11) is -2.17. The smallest absolute Gasteiger partial charge is 0.772 e. The molecule has 7 heteroatoms. The zero-order valence-corrected chi connectivity index (χ0v) is 17.2. The van der Waals surface area contributed by atoms with E-state index < -0.39 is 17.4 Å². The quantitative estimate of drug-likeness (QED) is 0.579. The van der Waals surface area contributed by atoms with Gasteiger partial charge in [0.15, 0.2) is 0 Å². The van der Waals surface area contributed by atoms with Gasteiger partial charge in [0.05, 0.1) is 17.4 Å². The van der Waals surface area contributed by atoms with Gasteiger partial charge in [-0.2, -0.15) is 0 Å². The normalized spacial score (nSPS) is 8.53. The second-order valence-corrected chi connectivity index (χ2v) is 4.29. The molecule has 0 N–H and O–H groups in total. The SMILES string of the molecule is CCC(C)CC.CCC(C)CC.O=P[O-].O=P[O-].[Ca+2]. The Hall–Kier alpha value is 1.38. The minimum atomic E-state index is -1.08. The molecule has 0 aliphatic heterocycles. The van der Waals surface area contributed by atoms with Crippen LogP contribution in [0.1, 0.15) is 67.2 Å². The maximum atomic E-state index is 8.35. The molecule has 0 aliphatic carbocycles. The summed E-state index contributed by atoms with van der Waals surface area (Å²) in [4.78, 5) is 16.7. The van der Waals surface area contributed by atoms with Crippen molar-refractivity contribution >= 4 is 55.1 Å². The molecule has 4 nitrogen and oxygen atoms in total. The van der Waals surface area contributed by atoms with Gasteiger partial charge in [0.1, 0.15) is 0 Å². The van der Waals surface area contributed by atoms with Gasteiger partial charge >= 0.3 is 37.7 Å². The number of rotatable bonds is 4. The monoisotopic (exact) mass is 338 g/mol. The first-order chi connectivity index (χ1) is 8.44. The minimum absolute atomic E-state index is 0. The van der Waals surface area contributed by atoms with Crippen LogP contribution < -0.4 is 9.79 Å². The fourth-order valence-electron chi connectivity index (χ4n) is 0.577. The Labute approximate surface area is 152 Å². The standard InChI is InChI=1S/2C6H14.Ca.2HO2P/c2*1-4-6(3)5-2;;2*1-3-2/h2*6H,4-5H2,1-3H3;;2*(H,1,2)/q;;+2;;/p-2. The molecule has 0 unspecified atom stereocenters. The van der Waals surface area contributed by atoms with Crippen molar-refractivity contribution in [3.05, 3.63) is 0 Å². The summed E-state index contributed by atoms with van der Waals surface area (Å²) < 4.78 is 16.7. The van der Waals surface area contributed by atoms with Crippen LogP contribution in [0.25, 0.3) is 0 Å².